The zero-order valence-corrected chi connectivity index (χ0v) is 13.0. The second-order valence-electron chi connectivity index (χ2n) is 3.43. The molecule has 11 nitrogen and oxygen atoms in total. The summed E-state index contributed by atoms with van der Waals surface area (Å²) in [5.74, 6) is 0. The fraction of sp³-hybridized carbons (Fsp3) is 1.00. The van der Waals surface area contributed by atoms with Crippen molar-refractivity contribution in [2.45, 2.75) is 0 Å². The highest BCUT2D eigenvalue weighted by Gasteiger charge is 2.31. The van der Waals surface area contributed by atoms with Gasteiger partial charge in [-0.15, -0.1) is 0 Å². The molecule has 13 heteroatoms. The Kier molecular flexibility index (Phi) is 11.7. The Balaban J connectivity index is 3.40. The fourth-order valence-electron chi connectivity index (χ4n) is 0.976. The minimum atomic E-state index is -5.10. The minimum Gasteiger partial charge on any atom is -0.394 e. The van der Waals surface area contributed by atoms with Gasteiger partial charge in [-0.3, -0.25) is 4.52 Å². The highest BCUT2D eigenvalue weighted by Crippen LogP contribution is 2.57. The molecule has 21 heavy (non-hydrogen) atoms. The summed E-state index contributed by atoms with van der Waals surface area (Å²) in [5.41, 5.74) is 0. The average Bonchev–Trinajstić information content (AvgIpc) is 2.33. The second kappa shape index (κ2) is 11.6. The van der Waals surface area contributed by atoms with Gasteiger partial charge in [0.2, 0.25) is 0 Å². The average molecular weight is 354 g/mol. The van der Waals surface area contributed by atoms with Crippen LogP contribution in [0.15, 0.2) is 0 Å². The molecule has 0 radical (unpaired) electrons. The summed E-state index contributed by atoms with van der Waals surface area (Å²) in [4.78, 5) is 25.6. The largest absolute Gasteiger partial charge is 0.481 e. The highest BCUT2D eigenvalue weighted by atomic mass is 31.3. The third kappa shape index (κ3) is 16.3. The van der Waals surface area contributed by atoms with Crippen LogP contribution >= 0.6 is 15.6 Å². The van der Waals surface area contributed by atoms with Gasteiger partial charge >= 0.3 is 15.6 Å². The summed E-state index contributed by atoms with van der Waals surface area (Å²) in [5, 5.41) is 8.42. The molecule has 0 aromatic rings. The van der Waals surface area contributed by atoms with E-state index in [1.165, 1.54) is 0 Å². The monoisotopic (exact) mass is 354 g/mol. The van der Waals surface area contributed by atoms with Crippen LogP contribution in [0.2, 0.25) is 0 Å². The van der Waals surface area contributed by atoms with E-state index in [1.54, 1.807) is 0 Å². The van der Waals surface area contributed by atoms with Gasteiger partial charge in [0.1, 0.15) is 0 Å². The Labute approximate surface area is 121 Å². The van der Waals surface area contributed by atoms with Gasteiger partial charge < -0.3 is 34.0 Å². The summed E-state index contributed by atoms with van der Waals surface area (Å²) < 4.78 is 44.2. The molecule has 0 fully saturated rings. The van der Waals surface area contributed by atoms with Crippen molar-refractivity contribution >= 4 is 15.6 Å². The Morgan fingerprint density at radius 3 is 1.57 bits per heavy atom. The van der Waals surface area contributed by atoms with Crippen molar-refractivity contribution in [1.29, 1.82) is 0 Å². The van der Waals surface area contributed by atoms with E-state index in [0.29, 0.717) is 13.2 Å². The van der Waals surface area contributed by atoms with Crippen LogP contribution in [0.1, 0.15) is 0 Å². The summed E-state index contributed by atoms with van der Waals surface area (Å²) >= 11 is 0. The fourth-order valence-corrected chi connectivity index (χ4v) is 2.55. The van der Waals surface area contributed by atoms with E-state index < -0.39 is 15.6 Å². The van der Waals surface area contributed by atoms with E-state index in [2.05, 4.69) is 8.83 Å². The molecule has 0 aliphatic rings. The van der Waals surface area contributed by atoms with Crippen molar-refractivity contribution in [3.05, 3.63) is 0 Å². The lowest BCUT2D eigenvalue weighted by molar-refractivity contribution is 0.00222. The first-order valence-electron chi connectivity index (χ1n) is 5.85. The summed E-state index contributed by atoms with van der Waals surface area (Å²) in [6.07, 6.45) is 0. The molecule has 4 N–H and O–H groups in total. The molecule has 0 heterocycles. The molecule has 128 valence electrons. The van der Waals surface area contributed by atoms with E-state index >= 15 is 0 Å². The number of hydrogen-bond donors (Lipinski definition) is 4. The van der Waals surface area contributed by atoms with E-state index in [1.807, 2.05) is 0 Å². The number of aliphatic hydroxyl groups is 1. The lowest BCUT2D eigenvalue weighted by Crippen LogP contribution is -2.12. The minimum absolute atomic E-state index is 0.0520. The van der Waals surface area contributed by atoms with Gasteiger partial charge in [0.15, 0.2) is 0 Å². The molecule has 0 bridgehead atoms. The maximum atomic E-state index is 11.0. The topological polar surface area (TPSA) is 161 Å². The Bertz CT molecular complexity index is 343. The maximum Gasteiger partial charge on any atom is 0.481 e. The van der Waals surface area contributed by atoms with Crippen molar-refractivity contribution in [3.8, 4) is 0 Å². The predicted molar refractivity (Wildman–Crippen MR) is 68.4 cm³/mol. The standard InChI is InChI=1S/C8H20O11P2/c9-1-2-15-3-4-16-5-6-17-7-8-18-21(13,14)19-20(10,11)12/h9H,1-8H2,(H,13,14)(H2,10,11,12). The highest BCUT2D eigenvalue weighted by molar-refractivity contribution is 7.60. The van der Waals surface area contributed by atoms with E-state index in [4.69, 9.17) is 34.0 Å². The second-order valence-corrected chi connectivity index (χ2v) is 6.26. The van der Waals surface area contributed by atoms with Crippen LogP contribution in [0.25, 0.3) is 0 Å². The third-order valence-corrected chi connectivity index (χ3v) is 3.86. The molecule has 0 amide bonds. The normalized spacial score (nSPS) is 15.0. The summed E-state index contributed by atoms with van der Waals surface area (Å²) in [6, 6.07) is 0. The molecular formula is C8H20O11P2. The number of phosphoric ester groups is 1. The number of rotatable bonds is 14. The van der Waals surface area contributed by atoms with Crippen LogP contribution in [0.4, 0.5) is 0 Å². The molecule has 0 rings (SSSR count). The summed E-state index contributed by atoms with van der Waals surface area (Å²) in [7, 11) is -9.90. The molecule has 1 unspecified atom stereocenters. The van der Waals surface area contributed by atoms with E-state index in [0.717, 1.165) is 0 Å². The zero-order valence-electron chi connectivity index (χ0n) is 11.2. The number of aliphatic hydroxyl groups excluding tert-OH is 1. The molecule has 0 spiro atoms. The van der Waals surface area contributed by atoms with Crippen LogP contribution in [-0.2, 0) is 32.2 Å². The Morgan fingerprint density at radius 1 is 0.714 bits per heavy atom. The summed E-state index contributed by atoms with van der Waals surface area (Å²) in [6.45, 7) is 0.862. The van der Waals surface area contributed by atoms with Gasteiger partial charge in [-0.05, 0) is 0 Å². The van der Waals surface area contributed by atoms with Crippen molar-refractivity contribution in [1.82, 2.24) is 0 Å². The molecule has 0 aromatic heterocycles. The van der Waals surface area contributed by atoms with Crippen molar-refractivity contribution in [3.63, 3.8) is 0 Å². The first-order chi connectivity index (χ1) is 9.77. The van der Waals surface area contributed by atoms with Gasteiger partial charge in [0, 0.05) is 0 Å². The van der Waals surface area contributed by atoms with Crippen molar-refractivity contribution < 1.29 is 52.0 Å². The molecule has 0 aromatic carbocycles. The van der Waals surface area contributed by atoms with Crippen LogP contribution in [0.5, 0.6) is 0 Å². The van der Waals surface area contributed by atoms with Crippen LogP contribution in [-0.4, -0.2) is 72.6 Å². The van der Waals surface area contributed by atoms with Crippen LogP contribution < -0.4 is 0 Å². The van der Waals surface area contributed by atoms with Crippen LogP contribution in [0, 0.1) is 0 Å². The van der Waals surface area contributed by atoms with Gasteiger partial charge in [0.05, 0.1) is 52.9 Å². The number of ether oxygens (including phenoxy) is 3. The smallest absolute Gasteiger partial charge is 0.394 e. The Morgan fingerprint density at radius 2 is 1.14 bits per heavy atom. The van der Waals surface area contributed by atoms with Gasteiger partial charge in [0.25, 0.3) is 0 Å². The molecule has 1 atom stereocenters. The quantitative estimate of drug-likeness (QED) is 0.229. The van der Waals surface area contributed by atoms with Gasteiger partial charge in [-0.2, -0.15) is 4.31 Å². The van der Waals surface area contributed by atoms with E-state index in [9.17, 15) is 9.13 Å². The van der Waals surface area contributed by atoms with Crippen LogP contribution in [0.3, 0.4) is 0 Å². The van der Waals surface area contributed by atoms with Gasteiger partial charge in [-0.25, -0.2) is 9.13 Å². The van der Waals surface area contributed by atoms with Gasteiger partial charge in [-0.1, -0.05) is 0 Å². The first kappa shape index (κ1) is 21.1. The molecule has 0 saturated carbocycles. The predicted octanol–water partition coefficient (Wildman–Crippen LogP) is -0.745. The number of phosphoric acid groups is 2. The molecule has 0 aliphatic heterocycles. The lowest BCUT2D eigenvalue weighted by atomic mass is 10.7. The lowest BCUT2D eigenvalue weighted by Gasteiger charge is -2.12. The molecule has 0 saturated heterocycles. The van der Waals surface area contributed by atoms with Crippen molar-refractivity contribution in [2.24, 2.45) is 0 Å². The third-order valence-electron chi connectivity index (χ3n) is 1.67. The molecule has 0 aliphatic carbocycles. The Hall–Kier alpha value is 0.1000. The number of hydrogen-bond acceptors (Lipinski definition) is 8. The SMILES string of the molecule is O=P(O)(O)OP(=O)(O)OCCOCCOCCOCCO. The molecular weight excluding hydrogens is 334 g/mol. The van der Waals surface area contributed by atoms with E-state index in [-0.39, 0.29) is 39.6 Å². The van der Waals surface area contributed by atoms with Crippen molar-refractivity contribution in [2.75, 3.05) is 52.9 Å². The first-order valence-corrected chi connectivity index (χ1v) is 8.88. The maximum absolute atomic E-state index is 11.0. The zero-order chi connectivity index (χ0) is 16.2.